The average molecular weight is 316 g/mol. The van der Waals surface area contributed by atoms with Crippen molar-refractivity contribution in [3.05, 3.63) is 35.9 Å². The van der Waals surface area contributed by atoms with Crippen molar-refractivity contribution in [3.63, 3.8) is 0 Å². The second-order valence-corrected chi connectivity index (χ2v) is 12.1. The molecule has 2 nitrogen and oxygen atoms in total. The van der Waals surface area contributed by atoms with Gasteiger partial charge in [0.2, 0.25) is 0 Å². The summed E-state index contributed by atoms with van der Waals surface area (Å²) in [7, 11) is -2.51. The molecule has 0 aliphatic carbocycles. The summed E-state index contributed by atoms with van der Waals surface area (Å²) < 4.78 is 34.4. The van der Waals surface area contributed by atoms with E-state index in [9.17, 15) is 13.9 Å². The van der Waals surface area contributed by atoms with Gasteiger partial charge in [0.25, 0.3) is 5.92 Å². The van der Waals surface area contributed by atoms with Crippen LogP contribution in [0.2, 0.25) is 19.6 Å². The van der Waals surface area contributed by atoms with Crippen LogP contribution in [0, 0.1) is 5.92 Å². The second-order valence-electron chi connectivity index (χ2n) is 6.85. The molecule has 1 atom stereocenters. The Balaban J connectivity index is 2.79. The number of hydrogen-bond donors (Lipinski definition) is 1. The number of hydrogen-bond acceptors (Lipinski definition) is 2. The molecule has 5 heteroatoms. The first-order valence-corrected chi connectivity index (χ1v) is 10.7. The number of rotatable bonds is 7. The van der Waals surface area contributed by atoms with E-state index in [2.05, 4.69) is 0 Å². The predicted molar refractivity (Wildman–Crippen MR) is 84.2 cm³/mol. The molecule has 0 heterocycles. The fraction of sp³-hybridized carbons (Fsp3) is 0.625. The van der Waals surface area contributed by atoms with E-state index in [1.165, 1.54) is 0 Å². The van der Waals surface area contributed by atoms with Crippen LogP contribution in [0.3, 0.4) is 0 Å². The lowest BCUT2D eigenvalue weighted by molar-refractivity contribution is -0.193. The number of benzene rings is 1. The molecule has 0 radical (unpaired) electrons. The topological polar surface area (TPSA) is 29.5 Å². The van der Waals surface area contributed by atoms with Gasteiger partial charge in [0, 0.05) is 0 Å². The van der Waals surface area contributed by atoms with Gasteiger partial charge in [-0.1, -0.05) is 63.8 Å². The van der Waals surface area contributed by atoms with E-state index in [-0.39, 0.29) is 6.61 Å². The third-order valence-electron chi connectivity index (χ3n) is 3.93. The quantitative estimate of drug-likeness (QED) is 0.767. The van der Waals surface area contributed by atoms with Gasteiger partial charge in [-0.05, 0) is 11.5 Å². The molecule has 0 aliphatic rings. The van der Waals surface area contributed by atoms with Crippen LogP contribution in [0.25, 0.3) is 0 Å². The van der Waals surface area contributed by atoms with Crippen molar-refractivity contribution < 1.29 is 18.6 Å². The van der Waals surface area contributed by atoms with Gasteiger partial charge >= 0.3 is 0 Å². The lowest BCUT2D eigenvalue weighted by atomic mass is 10.00. The molecule has 120 valence electrons. The average Bonchev–Trinajstić information content (AvgIpc) is 2.37. The molecule has 1 unspecified atom stereocenters. The van der Waals surface area contributed by atoms with Crippen molar-refractivity contribution in [1.82, 2.24) is 0 Å². The Morgan fingerprint density at radius 2 is 1.67 bits per heavy atom. The Morgan fingerprint density at radius 3 is 2.10 bits per heavy atom. The van der Waals surface area contributed by atoms with E-state index in [0.29, 0.717) is 0 Å². The highest BCUT2D eigenvalue weighted by Gasteiger charge is 2.61. The van der Waals surface area contributed by atoms with E-state index in [1.807, 2.05) is 30.3 Å². The zero-order valence-corrected chi connectivity index (χ0v) is 14.5. The molecule has 1 N–H and O–H groups in total. The summed E-state index contributed by atoms with van der Waals surface area (Å²) in [5.74, 6) is -3.79. The fourth-order valence-electron chi connectivity index (χ4n) is 2.82. The number of ether oxygens (including phenoxy) is 1. The summed E-state index contributed by atoms with van der Waals surface area (Å²) in [5, 5.41) is 8.69. The van der Waals surface area contributed by atoms with Gasteiger partial charge in [0.05, 0.1) is 14.7 Å². The van der Waals surface area contributed by atoms with Crippen LogP contribution in [0.15, 0.2) is 30.3 Å². The van der Waals surface area contributed by atoms with Gasteiger partial charge in [-0.3, -0.25) is 0 Å². The zero-order chi connectivity index (χ0) is 16.3. The molecule has 0 aromatic heterocycles. The van der Waals surface area contributed by atoms with Gasteiger partial charge in [0.1, 0.15) is 11.8 Å². The van der Waals surface area contributed by atoms with Gasteiger partial charge < -0.3 is 9.84 Å². The first-order valence-electron chi connectivity index (χ1n) is 7.24. The lowest BCUT2D eigenvalue weighted by Crippen LogP contribution is -2.68. The highest BCUT2D eigenvalue weighted by molar-refractivity contribution is 6.79. The van der Waals surface area contributed by atoms with Gasteiger partial charge in [-0.2, -0.15) is 0 Å². The van der Waals surface area contributed by atoms with Crippen LogP contribution in [-0.2, 0) is 11.3 Å². The molecular weight excluding hydrogens is 290 g/mol. The minimum absolute atomic E-state index is 0.121. The molecule has 1 aromatic rings. The Hall–Kier alpha value is -0.783. The highest BCUT2D eigenvalue weighted by atomic mass is 28.3. The first-order chi connectivity index (χ1) is 9.52. The fourth-order valence-corrected chi connectivity index (χ4v) is 5.72. The van der Waals surface area contributed by atoms with Crippen molar-refractivity contribution in [3.8, 4) is 0 Å². The Labute approximate surface area is 127 Å². The summed E-state index contributed by atoms with van der Waals surface area (Å²) in [6.07, 6.45) is 0. The first kappa shape index (κ1) is 18.3. The van der Waals surface area contributed by atoms with Gasteiger partial charge in [0.15, 0.2) is 0 Å². The number of halogens is 2. The van der Waals surface area contributed by atoms with E-state index >= 15 is 0 Å². The minimum Gasteiger partial charge on any atom is -0.387 e. The molecule has 21 heavy (non-hydrogen) atoms. The SMILES string of the molecule is CC(C)C(O)(C(F)(F)COCc1ccccc1)[Si](C)(C)C. The monoisotopic (exact) mass is 316 g/mol. The van der Waals surface area contributed by atoms with Crippen molar-refractivity contribution >= 4 is 8.07 Å². The van der Waals surface area contributed by atoms with Gasteiger partial charge in [-0.25, -0.2) is 8.78 Å². The summed E-state index contributed by atoms with van der Waals surface area (Å²) in [6, 6.07) is 9.18. The minimum atomic E-state index is -3.26. The number of alkyl halides is 2. The molecule has 1 aromatic carbocycles. The third-order valence-corrected chi connectivity index (χ3v) is 7.16. The normalized spacial score (nSPS) is 16.0. The molecule has 0 spiro atoms. The summed E-state index contributed by atoms with van der Waals surface area (Å²) in [6.45, 7) is 7.93. The largest absolute Gasteiger partial charge is 0.387 e. The Kier molecular flexibility index (Phi) is 5.69. The van der Waals surface area contributed by atoms with Crippen LogP contribution in [-0.4, -0.2) is 30.9 Å². The smallest absolute Gasteiger partial charge is 0.296 e. The summed E-state index contributed by atoms with van der Waals surface area (Å²) in [4.78, 5) is 0. The molecule has 0 saturated heterocycles. The van der Waals surface area contributed by atoms with Crippen LogP contribution >= 0.6 is 0 Å². The third kappa shape index (κ3) is 3.90. The lowest BCUT2D eigenvalue weighted by Gasteiger charge is -2.47. The second kappa shape index (κ2) is 6.54. The van der Waals surface area contributed by atoms with Crippen LogP contribution < -0.4 is 0 Å². The maximum absolute atomic E-state index is 14.6. The van der Waals surface area contributed by atoms with Crippen molar-refractivity contribution in [2.24, 2.45) is 5.92 Å². The molecular formula is C16H26F2O2Si. The summed E-state index contributed by atoms with van der Waals surface area (Å²) >= 11 is 0. The van der Waals surface area contributed by atoms with Crippen molar-refractivity contribution in [2.45, 2.75) is 51.2 Å². The maximum Gasteiger partial charge on any atom is 0.296 e. The van der Waals surface area contributed by atoms with Crippen LogP contribution in [0.1, 0.15) is 19.4 Å². The van der Waals surface area contributed by atoms with Crippen LogP contribution in [0.4, 0.5) is 8.78 Å². The number of aliphatic hydroxyl groups is 1. The van der Waals surface area contributed by atoms with E-state index < -0.39 is 31.7 Å². The van der Waals surface area contributed by atoms with E-state index in [0.717, 1.165) is 5.56 Å². The Morgan fingerprint density at radius 1 is 1.14 bits per heavy atom. The summed E-state index contributed by atoms with van der Waals surface area (Å²) in [5.41, 5.74) is 0.842. The standard InChI is InChI=1S/C16H26F2O2Si/c1-13(2)16(19,21(3,4)5)15(17,18)12-20-11-14-9-7-6-8-10-14/h6-10,13,19H,11-12H2,1-5H3. The molecule has 0 aliphatic heterocycles. The van der Waals surface area contributed by atoms with Crippen molar-refractivity contribution in [2.75, 3.05) is 6.61 Å². The zero-order valence-electron chi connectivity index (χ0n) is 13.5. The molecule has 0 saturated carbocycles. The molecule has 0 fully saturated rings. The highest BCUT2D eigenvalue weighted by Crippen LogP contribution is 2.42. The maximum atomic E-state index is 14.6. The van der Waals surface area contributed by atoms with E-state index in [4.69, 9.17) is 4.74 Å². The Bertz CT molecular complexity index is 443. The van der Waals surface area contributed by atoms with Crippen molar-refractivity contribution in [1.29, 1.82) is 0 Å². The van der Waals surface area contributed by atoms with Crippen LogP contribution in [0.5, 0.6) is 0 Å². The molecule has 1 rings (SSSR count). The predicted octanol–water partition coefficient (Wildman–Crippen LogP) is 4.10. The van der Waals surface area contributed by atoms with Gasteiger partial charge in [-0.15, -0.1) is 0 Å². The van der Waals surface area contributed by atoms with E-state index in [1.54, 1.807) is 33.5 Å². The molecule has 0 amide bonds. The molecule has 0 bridgehead atoms.